The smallest absolute Gasteiger partial charge is 0.307 e. The predicted molar refractivity (Wildman–Crippen MR) is 107 cm³/mol. The van der Waals surface area contributed by atoms with Crippen LogP contribution in [0, 0.1) is 0 Å². The number of benzene rings is 1. The maximum Gasteiger partial charge on any atom is 0.307 e. The van der Waals surface area contributed by atoms with E-state index in [1.807, 2.05) is 23.6 Å². The first kappa shape index (κ1) is 20.5. The molecule has 0 radical (unpaired) electrons. The van der Waals surface area contributed by atoms with Crippen molar-refractivity contribution in [2.24, 2.45) is 0 Å². The topological polar surface area (TPSA) is 89.5 Å². The van der Waals surface area contributed by atoms with Gasteiger partial charge < -0.3 is 10.1 Å². The number of sulfone groups is 1. The van der Waals surface area contributed by atoms with Gasteiger partial charge in [-0.05, 0) is 54.0 Å². The molecule has 0 aliphatic heterocycles. The second-order valence-electron chi connectivity index (χ2n) is 6.77. The van der Waals surface area contributed by atoms with Gasteiger partial charge >= 0.3 is 5.97 Å². The van der Waals surface area contributed by atoms with Crippen LogP contribution in [0.2, 0.25) is 0 Å². The highest BCUT2D eigenvalue weighted by molar-refractivity contribution is 7.91. The van der Waals surface area contributed by atoms with Crippen LogP contribution in [0.15, 0.2) is 40.6 Å². The molecule has 0 spiro atoms. The highest BCUT2D eigenvalue weighted by Crippen LogP contribution is 2.26. The lowest BCUT2D eigenvalue weighted by molar-refractivity contribution is -0.141. The molecule has 8 heteroatoms. The van der Waals surface area contributed by atoms with Crippen LogP contribution >= 0.6 is 11.3 Å². The summed E-state index contributed by atoms with van der Waals surface area (Å²) >= 11 is 1.42. The third-order valence-electron chi connectivity index (χ3n) is 4.85. The average molecular weight is 422 g/mol. The minimum Gasteiger partial charge on any atom is -0.469 e. The maximum atomic E-state index is 12.6. The Morgan fingerprint density at radius 1 is 1.21 bits per heavy atom. The standard InChI is InChI=1S/C20H23NO5S2/c1-26-20(23)13-17(18-6-3-10-27-18)21-19(22)9-11-28(24,25)16-8-7-14-4-2-5-15(14)12-16/h3,6-8,10,12,17H,2,4-5,9,11,13H2,1H3,(H,21,22). The molecular formula is C20H23NO5S2. The molecule has 0 saturated carbocycles. The molecule has 1 aliphatic rings. The summed E-state index contributed by atoms with van der Waals surface area (Å²) in [5.41, 5.74) is 2.29. The highest BCUT2D eigenvalue weighted by atomic mass is 32.2. The van der Waals surface area contributed by atoms with Crippen LogP contribution in [-0.2, 0) is 37.0 Å². The summed E-state index contributed by atoms with van der Waals surface area (Å²) < 4.78 is 29.9. The first-order valence-corrected chi connectivity index (χ1v) is 11.7. The number of nitrogens with one attached hydrogen (secondary N) is 1. The summed E-state index contributed by atoms with van der Waals surface area (Å²) in [7, 11) is -2.25. The maximum absolute atomic E-state index is 12.6. The van der Waals surface area contributed by atoms with Crippen LogP contribution < -0.4 is 5.32 Å². The second-order valence-corrected chi connectivity index (χ2v) is 9.86. The molecule has 1 aliphatic carbocycles. The molecule has 28 heavy (non-hydrogen) atoms. The molecule has 1 atom stereocenters. The molecule has 0 bridgehead atoms. The van der Waals surface area contributed by atoms with Gasteiger partial charge in [-0.15, -0.1) is 11.3 Å². The molecular weight excluding hydrogens is 398 g/mol. The fourth-order valence-electron chi connectivity index (χ4n) is 3.32. The minimum absolute atomic E-state index is 0.000323. The summed E-state index contributed by atoms with van der Waals surface area (Å²) in [4.78, 5) is 25.1. The number of thiophene rings is 1. The first-order chi connectivity index (χ1) is 13.4. The normalized spacial score (nSPS) is 14.3. The van der Waals surface area contributed by atoms with E-state index in [-0.39, 0.29) is 23.5 Å². The SMILES string of the molecule is COC(=O)CC(NC(=O)CCS(=O)(=O)c1ccc2c(c1)CCC2)c1cccs1. The van der Waals surface area contributed by atoms with Gasteiger partial charge in [-0.1, -0.05) is 12.1 Å². The second kappa shape index (κ2) is 8.87. The van der Waals surface area contributed by atoms with E-state index in [1.54, 1.807) is 12.1 Å². The van der Waals surface area contributed by atoms with Crippen LogP contribution in [0.4, 0.5) is 0 Å². The number of amides is 1. The molecule has 1 aromatic carbocycles. The molecule has 1 unspecified atom stereocenters. The van der Waals surface area contributed by atoms with Crippen LogP contribution in [0.25, 0.3) is 0 Å². The van der Waals surface area contributed by atoms with Crippen molar-refractivity contribution >= 4 is 33.1 Å². The number of aryl methyl sites for hydroxylation is 2. The van der Waals surface area contributed by atoms with Crippen molar-refractivity contribution in [3.63, 3.8) is 0 Å². The van der Waals surface area contributed by atoms with Crippen LogP contribution in [0.1, 0.15) is 41.3 Å². The van der Waals surface area contributed by atoms with E-state index in [2.05, 4.69) is 10.1 Å². The number of carbonyl (C=O) groups excluding carboxylic acids is 2. The van der Waals surface area contributed by atoms with Crippen LogP contribution in [-0.4, -0.2) is 33.2 Å². The van der Waals surface area contributed by atoms with Gasteiger partial charge in [-0.2, -0.15) is 0 Å². The number of hydrogen-bond donors (Lipinski definition) is 1. The number of carbonyl (C=O) groups is 2. The molecule has 3 rings (SSSR count). The monoisotopic (exact) mass is 421 g/mol. The van der Waals surface area contributed by atoms with E-state index < -0.39 is 27.8 Å². The number of ether oxygens (including phenoxy) is 1. The summed E-state index contributed by atoms with van der Waals surface area (Å²) in [5, 5.41) is 4.61. The molecule has 150 valence electrons. The van der Waals surface area contributed by atoms with Gasteiger partial charge in [-0.25, -0.2) is 8.42 Å². The fourth-order valence-corrected chi connectivity index (χ4v) is 5.38. The van der Waals surface area contributed by atoms with Gasteiger partial charge in [0.25, 0.3) is 0 Å². The van der Waals surface area contributed by atoms with Crippen LogP contribution in [0.5, 0.6) is 0 Å². The van der Waals surface area contributed by atoms with Crippen molar-refractivity contribution in [2.45, 2.75) is 43.0 Å². The van der Waals surface area contributed by atoms with Crippen LogP contribution in [0.3, 0.4) is 0 Å². The Bertz CT molecular complexity index is 951. The number of rotatable bonds is 8. The van der Waals surface area contributed by atoms with Crippen molar-refractivity contribution in [1.29, 1.82) is 0 Å². The molecule has 0 fully saturated rings. The lowest BCUT2D eigenvalue weighted by Crippen LogP contribution is -2.31. The largest absolute Gasteiger partial charge is 0.469 e. The molecule has 1 amide bonds. The number of methoxy groups -OCH3 is 1. The Labute approximate surface area is 168 Å². The van der Waals surface area contributed by atoms with Gasteiger partial charge in [0, 0.05) is 11.3 Å². The Morgan fingerprint density at radius 3 is 2.71 bits per heavy atom. The van der Waals surface area contributed by atoms with Gasteiger partial charge in [0.05, 0.1) is 30.2 Å². The van der Waals surface area contributed by atoms with Crippen molar-refractivity contribution in [2.75, 3.05) is 12.9 Å². The fraction of sp³-hybridized carbons (Fsp3) is 0.400. The number of fused-ring (bicyclic) bond motifs is 1. The van der Waals surface area contributed by atoms with Crippen molar-refractivity contribution in [3.05, 3.63) is 51.7 Å². The molecule has 1 heterocycles. The number of esters is 1. The Hall–Kier alpha value is -2.19. The van der Waals surface area contributed by atoms with Gasteiger partial charge in [0.1, 0.15) is 0 Å². The lowest BCUT2D eigenvalue weighted by atomic mass is 10.1. The van der Waals surface area contributed by atoms with Crippen molar-refractivity contribution < 1.29 is 22.7 Å². The Balaban J connectivity index is 1.62. The highest BCUT2D eigenvalue weighted by Gasteiger charge is 2.23. The Morgan fingerprint density at radius 2 is 2.00 bits per heavy atom. The van der Waals surface area contributed by atoms with Gasteiger partial charge in [-0.3, -0.25) is 9.59 Å². The first-order valence-electron chi connectivity index (χ1n) is 9.13. The quantitative estimate of drug-likeness (QED) is 0.662. The Kier molecular flexibility index (Phi) is 6.51. The third kappa shape index (κ3) is 4.99. The summed E-state index contributed by atoms with van der Waals surface area (Å²) in [6, 6.07) is 8.36. The lowest BCUT2D eigenvalue weighted by Gasteiger charge is -2.16. The zero-order chi connectivity index (χ0) is 20.1. The molecule has 1 N–H and O–H groups in total. The summed E-state index contributed by atoms with van der Waals surface area (Å²) in [6.07, 6.45) is 2.77. The van der Waals surface area contributed by atoms with Gasteiger partial charge in [0.2, 0.25) is 5.91 Å². The van der Waals surface area contributed by atoms with Crippen molar-refractivity contribution in [3.8, 4) is 0 Å². The third-order valence-corrected chi connectivity index (χ3v) is 7.55. The predicted octanol–water partition coefficient (Wildman–Crippen LogP) is 2.82. The molecule has 2 aromatic rings. The van der Waals surface area contributed by atoms with E-state index >= 15 is 0 Å². The van der Waals surface area contributed by atoms with E-state index in [9.17, 15) is 18.0 Å². The zero-order valence-corrected chi connectivity index (χ0v) is 17.3. The van der Waals surface area contributed by atoms with Crippen molar-refractivity contribution in [1.82, 2.24) is 5.32 Å². The van der Waals surface area contributed by atoms with E-state index in [0.29, 0.717) is 0 Å². The molecule has 6 nitrogen and oxygen atoms in total. The molecule has 0 saturated heterocycles. The van der Waals surface area contributed by atoms with E-state index in [4.69, 9.17) is 0 Å². The minimum atomic E-state index is -3.54. The number of hydrogen-bond acceptors (Lipinski definition) is 6. The van der Waals surface area contributed by atoms with E-state index in [1.165, 1.54) is 24.0 Å². The van der Waals surface area contributed by atoms with Gasteiger partial charge in [0.15, 0.2) is 9.84 Å². The molecule has 1 aromatic heterocycles. The zero-order valence-electron chi connectivity index (χ0n) is 15.6. The average Bonchev–Trinajstić information content (AvgIpc) is 3.36. The summed E-state index contributed by atoms with van der Waals surface area (Å²) in [5.74, 6) is -1.12. The summed E-state index contributed by atoms with van der Waals surface area (Å²) in [6.45, 7) is 0. The van der Waals surface area contributed by atoms with E-state index in [0.717, 1.165) is 29.7 Å².